The molecular formula is C84H72F15N18O15P3. The van der Waals surface area contributed by atoms with Crippen molar-refractivity contribution in [3.63, 3.8) is 0 Å². The molecule has 0 aliphatic rings. The molecule has 0 bridgehead atoms. The van der Waals surface area contributed by atoms with Gasteiger partial charge in [-0.05, 0) is 73.9 Å². The van der Waals surface area contributed by atoms with Crippen molar-refractivity contribution in [3.8, 4) is 68.7 Å². The zero-order chi connectivity index (χ0) is 96.7. The van der Waals surface area contributed by atoms with Gasteiger partial charge in [-0.25, -0.2) is 69.9 Å². The summed E-state index contributed by atoms with van der Waals surface area (Å²) >= 11 is 0. The lowest BCUT2D eigenvalue weighted by Crippen LogP contribution is -2.50. The van der Waals surface area contributed by atoms with Crippen molar-refractivity contribution < 1.29 is 135 Å². The van der Waals surface area contributed by atoms with E-state index in [2.05, 4.69) is 85.7 Å². The van der Waals surface area contributed by atoms with Gasteiger partial charge in [0.15, 0.2) is 69.2 Å². The molecule has 0 amide bonds. The van der Waals surface area contributed by atoms with Crippen molar-refractivity contribution in [2.45, 2.75) is 95.6 Å². The van der Waals surface area contributed by atoms with Gasteiger partial charge < -0.3 is 44.2 Å². The first kappa shape index (κ1) is 99.0. The van der Waals surface area contributed by atoms with Crippen LogP contribution in [0.5, 0.6) is 0 Å². The molecule has 0 aliphatic heterocycles. The second-order valence-corrected chi connectivity index (χ2v) is 33.7. The van der Waals surface area contributed by atoms with Crippen molar-refractivity contribution in [2.75, 3.05) is 35.6 Å². The van der Waals surface area contributed by atoms with Crippen LogP contribution in [0.4, 0.5) is 83.3 Å². The summed E-state index contributed by atoms with van der Waals surface area (Å²) in [7, 11) is -15.8. The van der Waals surface area contributed by atoms with Crippen LogP contribution in [0.25, 0.3) is 68.7 Å². The first-order chi connectivity index (χ1) is 64.0. The minimum Gasteiger partial charge on any atom is -0.364 e. The maximum atomic E-state index is 15.0. The first-order valence-electron chi connectivity index (χ1n) is 39.3. The van der Waals surface area contributed by atoms with Crippen LogP contribution < -0.4 is 16.0 Å². The maximum absolute atomic E-state index is 15.0. The van der Waals surface area contributed by atoms with Crippen LogP contribution >= 0.6 is 23.5 Å². The van der Waals surface area contributed by atoms with Gasteiger partial charge in [-0.2, -0.15) is 54.8 Å². The predicted molar refractivity (Wildman–Crippen MR) is 448 cm³/mol. The summed E-state index contributed by atoms with van der Waals surface area (Å²) in [6, 6.07) is 51.6. The number of alkyl halides is 9. The molecule has 135 heavy (non-hydrogen) atoms. The predicted octanol–water partition coefficient (Wildman–Crippen LogP) is 19.2. The van der Waals surface area contributed by atoms with Gasteiger partial charge in [0, 0.05) is 34.9 Å². The van der Waals surface area contributed by atoms with Crippen LogP contribution in [-0.4, -0.2) is 144 Å². The van der Waals surface area contributed by atoms with Crippen LogP contribution in [0.1, 0.15) is 54.2 Å². The fourth-order valence-corrected chi connectivity index (χ4v) is 15.4. The fraction of sp³-hybridized carbons (Fsp3) is 0.214. The molecule has 51 heteroatoms. The van der Waals surface area contributed by atoms with Gasteiger partial charge >= 0.3 is 42.0 Å². The Morgan fingerprint density at radius 3 is 0.919 bits per heavy atom. The van der Waals surface area contributed by atoms with E-state index in [-0.39, 0.29) is 59.8 Å². The Balaban J connectivity index is 0.000000174. The molecule has 0 saturated carbocycles. The Morgan fingerprint density at radius 1 is 0.356 bits per heavy atom. The average Bonchev–Trinajstić information content (AvgIpc) is 1.71. The van der Waals surface area contributed by atoms with Gasteiger partial charge in [-0.1, -0.05) is 161 Å². The highest BCUT2D eigenvalue weighted by atomic mass is 31.2. The number of phosphoric ester groups is 3. The van der Waals surface area contributed by atoms with Crippen LogP contribution in [0.15, 0.2) is 251 Å². The molecule has 0 radical (unpaired) electrons. The Bertz CT molecular complexity index is 6610. The molecule has 9 aromatic heterocycles. The van der Waals surface area contributed by atoms with E-state index in [1.807, 2.05) is 0 Å². The van der Waals surface area contributed by atoms with E-state index in [1.54, 1.807) is 115 Å². The second kappa shape index (κ2) is 42.0. The number of hydrogen-bond acceptors (Lipinski definition) is 27. The Labute approximate surface area is 753 Å². The number of nitrogens with zero attached hydrogens (tertiary/aromatic N) is 15. The van der Waals surface area contributed by atoms with Crippen molar-refractivity contribution >= 4 is 40.9 Å². The summed E-state index contributed by atoms with van der Waals surface area (Å²) in [5, 5.41) is 31.4. The molecule has 33 nitrogen and oxygen atoms in total. The van der Waals surface area contributed by atoms with Crippen molar-refractivity contribution in [3.05, 3.63) is 306 Å². The van der Waals surface area contributed by atoms with Crippen molar-refractivity contribution in [1.82, 2.24) is 74.7 Å². The molecule has 15 rings (SSSR count). The smallest absolute Gasteiger partial charge is 0.364 e. The molecule has 0 fully saturated rings. The molecule has 6 aromatic carbocycles. The number of hydrogen-bond donors (Lipinski definition) is 6. The molecule has 4 atom stereocenters. The third-order valence-electron chi connectivity index (χ3n) is 19.4. The zero-order valence-corrected chi connectivity index (χ0v) is 72.5. The maximum Gasteiger partial charge on any atom is 0.476 e. The molecule has 9 heterocycles. The highest BCUT2D eigenvalue weighted by Gasteiger charge is 2.59. The number of benzene rings is 6. The van der Waals surface area contributed by atoms with E-state index in [0.29, 0.717) is 95.1 Å². The van der Waals surface area contributed by atoms with Gasteiger partial charge in [0.1, 0.15) is 70.4 Å². The SMILES string of the molecule is CC(CNc1nc(-c2cc(-c3ccon3)n(Cc3ccccc3F)n2)ncc1F)(OP(=O)(O)O)C(F)(F)F.CC(CNc1nc(-c2cc(-c3ccon3)n(Cc3ccccc3F)n2)ncc1F)(OP(=O)(O)OCc1ccccc1)C(F)(F)F.CC(CNc1nc(-c2cc(-c3ccon3)n(Cc3ccccc3F)n2)ncc1F)(OP(=O)(OCc1ccccc1)OCc1ccccc1)C(F)(F)F. The summed E-state index contributed by atoms with van der Waals surface area (Å²) in [6.07, 6.45) is -9.57. The van der Waals surface area contributed by atoms with E-state index < -0.39 is 151 Å². The number of anilines is 3. The van der Waals surface area contributed by atoms with E-state index in [9.17, 15) is 80.1 Å². The topological polar surface area (TPSA) is 412 Å². The van der Waals surface area contributed by atoms with E-state index in [1.165, 1.54) is 118 Å². The average molecular weight is 1950 g/mol. The lowest BCUT2D eigenvalue weighted by molar-refractivity contribution is -0.242. The molecule has 4 unspecified atom stereocenters. The Kier molecular flexibility index (Phi) is 30.8. The molecule has 15 aromatic rings. The summed E-state index contributed by atoms with van der Waals surface area (Å²) in [5.41, 5.74) is -5.48. The minimum absolute atomic E-state index is 0.0347. The fourth-order valence-electron chi connectivity index (χ4n) is 12.2. The number of halogens is 15. The van der Waals surface area contributed by atoms with Crippen LogP contribution in [0.2, 0.25) is 0 Å². The Hall–Kier alpha value is -13.5. The van der Waals surface area contributed by atoms with Gasteiger partial charge in [-0.15, -0.1) is 0 Å². The third kappa shape index (κ3) is 25.7. The Morgan fingerprint density at radius 2 is 0.637 bits per heavy atom. The lowest BCUT2D eigenvalue weighted by Gasteiger charge is -2.34. The summed E-state index contributed by atoms with van der Waals surface area (Å²) in [6.45, 7) is -3.63. The quantitative estimate of drug-likeness (QED) is 0.0157. The summed E-state index contributed by atoms with van der Waals surface area (Å²) in [5.74, 6) is -7.49. The molecular weight excluding hydrogens is 1880 g/mol. The molecule has 0 saturated heterocycles. The minimum atomic E-state index is -5.57. The number of rotatable bonds is 36. The molecule has 0 aliphatic carbocycles. The first-order valence-corrected chi connectivity index (χ1v) is 43.8. The second-order valence-electron chi connectivity index (χ2n) is 29.5. The highest BCUT2D eigenvalue weighted by Crippen LogP contribution is 2.58. The monoisotopic (exact) mass is 1950 g/mol. The lowest BCUT2D eigenvalue weighted by atomic mass is 10.1. The normalized spacial score (nSPS) is 13.8. The number of phosphoric acid groups is 3. The molecule has 0 spiro atoms. The van der Waals surface area contributed by atoms with E-state index >= 15 is 4.39 Å². The largest absolute Gasteiger partial charge is 0.476 e. The third-order valence-corrected chi connectivity index (χ3v) is 22.7. The van der Waals surface area contributed by atoms with Gasteiger partial charge in [0.05, 0.1) is 94.8 Å². The standard InChI is InChI=1S/C35H30F5N6O5P.C28H24F5N6O5P.C21H18F5N6O5P/c1-34(35(38,39)40,51-52(47,49-21-24-10-4-2-5-11-24)50-22-25-12-6-3-7-13-25)23-42-32-28(37)19-41-33(43-32)30-18-31(29-16-17-48-45-29)46(44-30)20-26-14-8-9-15-27(26)36;1-27(28(31,32)33,44-45(40,41)43-16-18-7-3-2-4-8-18)17-35-25-21(30)14-34-26(36-25)23-13-24(22-11-12-42-38-22)39(37-23)15-19-9-5-6-10-20(19)29;1-20(21(24,25)26,37-38(33,34)35)11-28-18-14(23)9-27-19(29-18)16-8-17(15-6-7-36-31-15)32(30-16)10-12-4-2-3-5-13(12)22/h2-19H,20-23H2,1H3,(H,41,42,43);2-14H,15-17H2,1H3,(H,40,41)(H,34,35,36);2-9H,10-11H2,1H3,(H,27,28,29)(H2,33,34,35). The van der Waals surface area contributed by atoms with E-state index in [0.717, 1.165) is 6.20 Å². The summed E-state index contributed by atoms with van der Waals surface area (Å²) in [4.78, 5) is 51.5. The summed E-state index contributed by atoms with van der Waals surface area (Å²) < 4.78 is 300. The van der Waals surface area contributed by atoms with Crippen molar-refractivity contribution in [1.29, 1.82) is 0 Å². The molecule has 708 valence electrons. The molecule has 6 N–H and O–H groups in total. The number of nitrogens with one attached hydrogen (secondary N) is 3. The van der Waals surface area contributed by atoms with Crippen LogP contribution in [0.3, 0.4) is 0 Å². The van der Waals surface area contributed by atoms with Gasteiger partial charge in [0.2, 0.25) is 0 Å². The van der Waals surface area contributed by atoms with Crippen LogP contribution in [-0.2, 0) is 80.3 Å². The van der Waals surface area contributed by atoms with E-state index in [4.69, 9.17) is 41.5 Å². The highest BCUT2D eigenvalue weighted by molar-refractivity contribution is 7.48. The van der Waals surface area contributed by atoms with Crippen LogP contribution in [0, 0.1) is 34.9 Å². The van der Waals surface area contributed by atoms with Gasteiger partial charge in [-0.3, -0.25) is 41.2 Å². The van der Waals surface area contributed by atoms with Crippen molar-refractivity contribution in [2.24, 2.45) is 0 Å². The zero-order valence-electron chi connectivity index (χ0n) is 69.8. The number of aromatic nitrogens is 15. The van der Waals surface area contributed by atoms with Gasteiger partial charge in [0.25, 0.3) is 0 Å².